The molecule has 2 aromatic rings. The molecule has 17 heavy (non-hydrogen) atoms. The van der Waals surface area contributed by atoms with Crippen LogP contribution in [0, 0.1) is 0 Å². The van der Waals surface area contributed by atoms with Gasteiger partial charge in [0.25, 0.3) is 0 Å². The summed E-state index contributed by atoms with van der Waals surface area (Å²) in [7, 11) is 0. The zero-order chi connectivity index (χ0) is 12.4. The van der Waals surface area contributed by atoms with Crippen LogP contribution in [0.2, 0.25) is 0 Å². The van der Waals surface area contributed by atoms with E-state index in [1.54, 1.807) is 0 Å². The highest BCUT2D eigenvalue weighted by Gasteiger charge is 2.13. The van der Waals surface area contributed by atoms with Gasteiger partial charge >= 0.3 is 0 Å². The van der Waals surface area contributed by atoms with Crippen LogP contribution < -0.4 is 5.73 Å². The van der Waals surface area contributed by atoms with Gasteiger partial charge in [-0.15, -0.1) is 0 Å². The van der Waals surface area contributed by atoms with Crippen LogP contribution in [0.4, 0.5) is 0 Å². The average molecular weight is 231 g/mol. The van der Waals surface area contributed by atoms with Crippen LogP contribution in [0.1, 0.15) is 44.6 Å². The molecule has 3 nitrogen and oxygen atoms in total. The van der Waals surface area contributed by atoms with Gasteiger partial charge < -0.3 is 10.3 Å². The second kappa shape index (κ2) is 4.88. The average Bonchev–Trinajstić information content (AvgIpc) is 2.68. The standard InChI is InChI=1S/C14H21N3/c1-4-8-17-13-7-6-11(5-2)9-12(13)16-14(17)10(3)15/h6-7,9-10H,4-5,8,15H2,1-3H3. The minimum Gasteiger partial charge on any atom is -0.327 e. The van der Waals surface area contributed by atoms with Crippen molar-refractivity contribution in [1.82, 2.24) is 9.55 Å². The highest BCUT2D eigenvalue weighted by atomic mass is 15.1. The number of aryl methyl sites for hydroxylation is 2. The van der Waals surface area contributed by atoms with Gasteiger partial charge in [0.1, 0.15) is 5.82 Å². The summed E-state index contributed by atoms with van der Waals surface area (Å²) in [5, 5.41) is 0. The van der Waals surface area contributed by atoms with Gasteiger partial charge in [-0.3, -0.25) is 0 Å². The van der Waals surface area contributed by atoms with E-state index in [1.807, 2.05) is 6.92 Å². The molecule has 0 aliphatic rings. The van der Waals surface area contributed by atoms with Crippen LogP contribution >= 0.6 is 0 Å². The minimum atomic E-state index is -0.0148. The molecule has 0 bridgehead atoms. The van der Waals surface area contributed by atoms with Crippen LogP contribution in [0.3, 0.4) is 0 Å². The molecule has 92 valence electrons. The Morgan fingerprint density at radius 1 is 1.35 bits per heavy atom. The summed E-state index contributed by atoms with van der Waals surface area (Å²) in [5.74, 6) is 0.995. The molecule has 0 fully saturated rings. The van der Waals surface area contributed by atoms with E-state index in [1.165, 1.54) is 11.1 Å². The topological polar surface area (TPSA) is 43.8 Å². The number of imidazole rings is 1. The molecule has 2 N–H and O–H groups in total. The Kier molecular flexibility index (Phi) is 3.48. The van der Waals surface area contributed by atoms with Crippen molar-refractivity contribution in [3.05, 3.63) is 29.6 Å². The maximum atomic E-state index is 6.00. The first kappa shape index (κ1) is 12.1. The third-order valence-electron chi connectivity index (χ3n) is 3.10. The van der Waals surface area contributed by atoms with E-state index < -0.39 is 0 Å². The molecule has 0 amide bonds. The Labute approximate surface area is 103 Å². The summed E-state index contributed by atoms with van der Waals surface area (Å²) in [6, 6.07) is 6.51. The highest BCUT2D eigenvalue weighted by Crippen LogP contribution is 2.21. The van der Waals surface area contributed by atoms with E-state index in [9.17, 15) is 0 Å². The van der Waals surface area contributed by atoms with Crippen molar-refractivity contribution < 1.29 is 0 Å². The van der Waals surface area contributed by atoms with Crippen LogP contribution in [-0.4, -0.2) is 9.55 Å². The molecule has 3 heteroatoms. The molecule has 0 saturated heterocycles. The lowest BCUT2D eigenvalue weighted by atomic mass is 10.1. The van der Waals surface area contributed by atoms with E-state index in [-0.39, 0.29) is 6.04 Å². The molecule has 0 aliphatic carbocycles. The summed E-state index contributed by atoms with van der Waals surface area (Å²) < 4.78 is 2.25. The molecule has 1 aromatic heterocycles. The second-order valence-electron chi connectivity index (χ2n) is 4.59. The lowest BCUT2D eigenvalue weighted by Gasteiger charge is -2.09. The van der Waals surface area contributed by atoms with Crippen molar-refractivity contribution in [2.24, 2.45) is 5.73 Å². The van der Waals surface area contributed by atoms with Crippen LogP contribution in [-0.2, 0) is 13.0 Å². The van der Waals surface area contributed by atoms with Crippen molar-refractivity contribution in [2.75, 3.05) is 0 Å². The van der Waals surface area contributed by atoms with Gasteiger partial charge in [-0.1, -0.05) is 19.9 Å². The van der Waals surface area contributed by atoms with Crippen molar-refractivity contribution >= 4 is 11.0 Å². The molecule has 2 rings (SSSR count). The quantitative estimate of drug-likeness (QED) is 0.879. The monoisotopic (exact) mass is 231 g/mol. The van der Waals surface area contributed by atoms with Crippen LogP contribution in [0.25, 0.3) is 11.0 Å². The zero-order valence-corrected chi connectivity index (χ0v) is 10.9. The molecule has 1 aromatic carbocycles. The number of benzene rings is 1. The fourth-order valence-electron chi connectivity index (χ4n) is 2.22. The van der Waals surface area contributed by atoms with Gasteiger partial charge in [-0.05, 0) is 37.5 Å². The third kappa shape index (κ3) is 2.20. The predicted octanol–water partition coefficient (Wildman–Crippen LogP) is 3.03. The lowest BCUT2D eigenvalue weighted by Crippen LogP contribution is -2.13. The Hall–Kier alpha value is -1.35. The fraction of sp³-hybridized carbons (Fsp3) is 0.500. The zero-order valence-electron chi connectivity index (χ0n) is 10.9. The van der Waals surface area contributed by atoms with Gasteiger partial charge in [0.15, 0.2) is 0 Å². The van der Waals surface area contributed by atoms with Crippen molar-refractivity contribution in [2.45, 2.75) is 46.2 Å². The molecular formula is C14H21N3. The van der Waals surface area contributed by atoms with E-state index >= 15 is 0 Å². The summed E-state index contributed by atoms with van der Waals surface area (Å²) in [5.41, 5.74) is 9.60. The number of rotatable bonds is 4. The highest BCUT2D eigenvalue weighted by molar-refractivity contribution is 5.77. The number of aromatic nitrogens is 2. The Balaban J connectivity index is 2.61. The number of nitrogens with two attached hydrogens (primary N) is 1. The first-order chi connectivity index (χ1) is 8.17. The SMILES string of the molecule is CCCn1c(C(C)N)nc2cc(CC)ccc21. The molecular weight excluding hydrogens is 210 g/mol. The van der Waals surface area contributed by atoms with Gasteiger partial charge in [0.05, 0.1) is 17.1 Å². The van der Waals surface area contributed by atoms with Crippen molar-refractivity contribution in [1.29, 1.82) is 0 Å². The fourth-order valence-corrected chi connectivity index (χ4v) is 2.22. The number of fused-ring (bicyclic) bond motifs is 1. The van der Waals surface area contributed by atoms with Crippen molar-refractivity contribution in [3.8, 4) is 0 Å². The molecule has 1 heterocycles. The van der Waals surface area contributed by atoms with E-state index in [0.29, 0.717) is 0 Å². The second-order valence-corrected chi connectivity index (χ2v) is 4.59. The van der Waals surface area contributed by atoms with E-state index in [4.69, 9.17) is 5.73 Å². The molecule has 1 unspecified atom stereocenters. The Morgan fingerprint density at radius 2 is 2.12 bits per heavy atom. The lowest BCUT2D eigenvalue weighted by molar-refractivity contribution is 0.613. The van der Waals surface area contributed by atoms with Crippen LogP contribution in [0.5, 0.6) is 0 Å². The molecule has 0 radical (unpaired) electrons. The maximum absolute atomic E-state index is 6.00. The van der Waals surface area contributed by atoms with E-state index in [0.717, 1.165) is 30.7 Å². The molecule has 1 atom stereocenters. The summed E-state index contributed by atoms with van der Waals surface area (Å²) in [4.78, 5) is 4.68. The smallest absolute Gasteiger partial charge is 0.126 e. The van der Waals surface area contributed by atoms with Gasteiger partial charge in [-0.2, -0.15) is 0 Å². The number of hydrogen-bond donors (Lipinski definition) is 1. The molecule has 0 spiro atoms. The summed E-state index contributed by atoms with van der Waals surface area (Å²) in [6.07, 6.45) is 2.14. The third-order valence-corrected chi connectivity index (χ3v) is 3.10. The van der Waals surface area contributed by atoms with Gasteiger partial charge in [0, 0.05) is 6.54 Å². The first-order valence-electron chi connectivity index (χ1n) is 6.42. The van der Waals surface area contributed by atoms with Crippen LogP contribution in [0.15, 0.2) is 18.2 Å². The maximum Gasteiger partial charge on any atom is 0.126 e. The number of hydrogen-bond acceptors (Lipinski definition) is 2. The Bertz CT molecular complexity index is 511. The Morgan fingerprint density at radius 3 is 2.71 bits per heavy atom. The summed E-state index contributed by atoms with van der Waals surface area (Å²) >= 11 is 0. The number of nitrogens with zero attached hydrogens (tertiary/aromatic N) is 2. The molecule has 0 aliphatic heterocycles. The molecule has 0 saturated carbocycles. The van der Waals surface area contributed by atoms with Gasteiger partial charge in [0.2, 0.25) is 0 Å². The van der Waals surface area contributed by atoms with Crippen molar-refractivity contribution in [3.63, 3.8) is 0 Å². The minimum absolute atomic E-state index is 0.0148. The normalized spacial score (nSPS) is 13.2. The first-order valence-corrected chi connectivity index (χ1v) is 6.42. The van der Waals surface area contributed by atoms with Gasteiger partial charge in [-0.25, -0.2) is 4.98 Å². The predicted molar refractivity (Wildman–Crippen MR) is 72.0 cm³/mol. The summed E-state index contributed by atoms with van der Waals surface area (Å²) in [6.45, 7) is 7.32. The van der Waals surface area contributed by atoms with E-state index in [2.05, 4.69) is 41.6 Å². The largest absolute Gasteiger partial charge is 0.327 e.